The number of benzene rings is 1. The first-order valence-corrected chi connectivity index (χ1v) is 10.7. The van der Waals surface area contributed by atoms with Crippen LogP contribution >= 0.6 is 0 Å². The van der Waals surface area contributed by atoms with Gasteiger partial charge < -0.3 is 15.5 Å². The monoisotopic (exact) mass is 411 g/mol. The average molecular weight is 412 g/mol. The van der Waals surface area contributed by atoms with Gasteiger partial charge in [0.25, 0.3) is 0 Å². The molecule has 30 heavy (non-hydrogen) atoms. The maximum atomic E-state index is 12.7. The van der Waals surface area contributed by atoms with Gasteiger partial charge in [0.1, 0.15) is 5.69 Å². The molecule has 7 nitrogen and oxygen atoms in total. The third kappa shape index (κ3) is 4.83. The van der Waals surface area contributed by atoms with Crippen molar-refractivity contribution in [3.05, 3.63) is 36.0 Å². The van der Waals surface area contributed by atoms with Gasteiger partial charge >= 0.3 is 0 Å². The number of para-hydroxylation sites is 1. The average Bonchev–Trinajstić information content (AvgIpc) is 3.04. The fraction of sp³-hybridized carbons (Fsp3) is 0.522. The van der Waals surface area contributed by atoms with Crippen LogP contribution < -0.4 is 15.5 Å². The maximum Gasteiger partial charge on any atom is 0.223 e. The van der Waals surface area contributed by atoms with Crippen molar-refractivity contribution in [1.82, 2.24) is 15.1 Å². The fourth-order valence-corrected chi connectivity index (χ4v) is 3.76. The number of carbonyl (C=O) groups is 2. The van der Waals surface area contributed by atoms with E-state index in [2.05, 4.69) is 36.3 Å². The Bertz CT molecular complexity index is 896. The van der Waals surface area contributed by atoms with Crippen LogP contribution in [-0.4, -0.2) is 40.2 Å². The lowest BCUT2D eigenvalue weighted by Crippen LogP contribution is -2.48. The summed E-state index contributed by atoms with van der Waals surface area (Å²) < 4.78 is 1.89. The molecule has 0 aliphatic carbocycles. The minimum absolute atomic E-state index is 0.00508. The van der Waals surface area contributed by atoms with E-state index in [-0.39, 0.29) is 23.3 Å². The molecule has 1 aliphatic rings. The molecule has 2 N–H and O–H groups in total. The van der Waals surface area contributed by atoms with Crippen molar-refractivity contribution >= 4 is 23.3 Å². The number of aryl methyl sites for hydroxylation is 1. The van der Waals surface area contributed by atoms with Gasteiger partial charge in [-0.25, -0.2) is 4.68 Å². The first-order valence-electron chi connectivity index (χ1n) is 10.7. The number of rotatable bonds is 6. The van der Waals surface area contributed by atoms with Gasteiger partial charge in [-0.2, -0.15) is 5.10 Å². The molecule has 0 atom stereocenters. The summed E-state index contributed by atoms with van der Waals surface area (Å²) in [5.74, 6) is 0.895. The topological polar surface area (TPSA) is 79.3 Å². The number of piperidine rings is 1. The van der Waals surface area contributed by atoms with Crippen molar-refractivity contribution < 1.29 is 9.59 Å². The van der Waals surface area contributed by atoms with Crippen LogP contribution in [0.2, 0.25) is 0 Å². The number of hydrogen-bond acceptors (Lipinski definition) is 4. The molecule has 1 saturated heterocycles. The summed E-state index contributed by atoms with van der Waals surface area (Å²) in [6.07, 6.45) is 2.43. The fourth-order valence-electron chi connectivity index (χ4n) is 3.76. The smallest absolute Gasteiger partial charge is 0.223 e. The molecule has 0 saturated carbocycles. The number of carbonyl (C=O) groups excluding carboxylic acids is 2. The lowest BCUT2D eigenvalue weighted by atomic mass is 9.93. The zero-order chi connectivity index (χ0) is 21.9. The second-order valence-corrected chi connectivity index (χ2v) is 8.70. The summed E-state index contributed by atoms with van der Waals surface area (Å²) >= 11 is 0. The summed E-state index contributed by atoms with van der Waals surface area (Å²) in [6, 6.07) is 9.91. The molecule has 2 heterocycles. The van der Waals surface area contributed by atoms with Crippen molar-refractivity contribution in [3.63, 3.8) is 0 Å². The third-order valence-electron chi connectivity index (χ3n) is 5.85. The second-order valence-electron chi connectivity index (χ2n) is 8.70. The Morgan fingerprint density at radius 3 is 2.37 bits per heavy atom. The van der Waals surface area contributed by atoms with Crippen molar-refractivity contribution in [3.8, 4) is 5.69 Å². The van der Waals surface area contributed by atoms with E-state index in [1.165, 1.54) is 6.92 Å². The van der Waals surface area contributed by atoms with E-state index in [4.69, 9.17) is 5.10 Å². The quantitative estimate of drug-likeness (QED) is 0.760. The van der Waals surface area contributed by atoms with Gasteiger partial charge in [-0.05, 0) is 52.2 Å². The van der Waals surface area contributed by atoms with E-state index >= 15 is 0 Å². The number of aromatic nitrogens is 2. The maximum absolute atomic E-state index is 12.7. The number of nitrogens with zero attached hydrogens (tertiary/aromatic N) is 3. The highest BCUT2D eigenvalue weighted by molar-refractivity contribution is 5.93. The number of amides is 2. The summed E-state index contributed by atoms with van der Waals surface area (Å²) in [5.41, 5.74) is 2.27. The molecule has 1 fully saturated rings. The summed E-state index contributed by atoms with van der Waals surface area (Å²) in [7, 11) is 0. The van der Waals surface area contributed by atoms with E-state index in [0.29, 0.717) is 0 Å². The van der Waals surface area contributed by atoms with Gasteiger partial charge in [-0.1, -0.05) is 25.1 Å². The Balaban J connectivity index is 1.84. The van der Waals surface area contributed by atoms with Crippen molar-refractivity contribution in [1.29, 1.82) is 0 Å². The lowest BCUT2D eigenvalue weighted by Gasteiger charge is -2.35. The normalized spacial score (nSPS) is 15.2. The van der Waals surface area contributed by atoms with Crippen LogP contribution in [0.1, 0.15) is 52.7 Å². The van der Waals surface area contributed by atoms with Crippen LogP contribution in [0.25, 0.3) is 5.69 Å². The Morgan fingerprint density at radius 2 is 1.80 bits per heavy atom. The molecule has 7 heteroatoms. The van der Waals surface area contributed by atoms with Crippen molar-refractivity contribution in [2.45, 2.75) is 59.4 Å². The standard InChI is InChI=1S/C23H33N5O2/c1-6-23(4,5)25-21(30)18-12-14-27(15-13-18)22-20(24-17(3)29)16(2)26-28(22)19-10-8-7-9-11-19/h7-11,18H,6,12-15H2,1-5H3,(H,24,29)(H,25,30). The van der Waals surface area contributed by atoms with Crippen LogP contribution in [0.5, 0.6) is 0 Å². The third-order valence-corrected chi connectivity index (χ3v) is 5.85. The largest absolute Gasteiger partial charge is 0.355 e. The van der Waals surface area contributed by atoms with Gasteiger partial charge in [0, 0.05) is 31.5 Å². The van der Waals surface area contributed by atoms with E-state index in [9.17, 15) is 9.59 Å². The van der Waals surface area contributed by atoms with Crippen LogP contribution in [0.4, 0.5) is 11.5 Å². The van der Waals surface area contributed by atoms with E-state index in [1.54, 1.807) is 0 Å². The molecule has 1 aromatic heterocycles. The molecule has 0 unspecified atom stereocenters. The molecule has 0 radical (unpaired) electrons. The van der Waals surface area contributed by atoms with Crippen LogP contribution in [0, 0.1) is 12.8 Å². The lowest BCUT2D eigenvalue weighted by molar-refractivity contribution is -0.127. The molecule has 2 aromatic rings. The molecule has 3 rings (SSSR count). The van der Waals surface area contributed by atoms with E-state index < -0.39 is 0 Å². The predicted molar refractivity (Wildman–Crippen MR) is 120 cm³/mol. The Labute approximate surface area is 178 Å². The highest BCUT2D eigenvalue weighted by atomic mass is 16.2. The summed E-state index contributed by atoms with van der Waals surface area (Å²) in [5, 5.41) is 10.8. The molecule has 0 bridgehead atoms. The zero-order valence-corrected chi connectivity index (χ0v) is 18.7. The highest BCUT2D eigenvalue weighted by Crippen LogP contribution is 2.35. The zero-order valence-electron chi connectivity index (χ0n) is 18.7. The van der Waals surface area contributed by atoms with Crippen LogP contribution in [-0.2, 0) is 9.59 Å². The summed E-state index contributed by atoms with van der Waals surface area (Å²) in [6.45, 7) is 11.1. The highest BCUT2D eigenvalue weighted by Gasteiger charge is 2.31. The number of hydrogen-bond donors (Lipinski definition) is 2. The molecule has 162 valence electrons. The SMILES string of the molecule is CCC(C)(C)NC(=O)C1CCN(c2c(NC(C)=O)c(C)nn2-c2ccccc2)CC1. The Morgan fingerprint density at radius 1 is 1.17 bits per heavy atom. The van der Waals surface area contributed by atoms with Gasteiger partial charge in [-0.3, -0.25) is 9.59 Å². The summed E-state index contributed by atoms with van der Waals surface area (Å²) in [4.78, 5) is 26.8. The second kappa shape index (κ2) is 8.90. The van der Waals surface area contributed by atoms with E-state index in [0.717, 1.165) is 55.2 Å². The molecular formula is C23H33N5O2. The molecule has 2 amide bonds. The minimum atomic E-state index is -0.185. The van der Waals surface area contributed by atoms with Gasteiger partial charge in [0.15, 0.2) is 5.82 Å². The van der Waals surface area contributed by atoms with E-state index in [1.807, 2.05) is 41.9 Å². The van der Waals surface area contributed by atoms with Crippen LogP contribution in [0.15, 0.2) is 30.3 Å². The van der Waals surface area contributed by atoms with Gasteiger partial charge in [0.05, 0.1) is 11.4 Å². The minimum Gasteiger partial charge on any atom is -0.355 e. The van der Waals surface area contributed by atoms with Crippen molar-refractivity contribution in [2.75, 3.05) is 23.3 Å². The first-order chi connectivity index (χ1) is 14.2. The first kappa shape index (κ1) is 21.9. The molecular weight excluding hydrogens is 378 g/mol. The number of anilines is 2. The van der Waals surface area contributed by atoms with Gasteiger partial charge in [0.2, 0.25) is 11.8 Å². The molecule has 1 aliphatic heterocycles. The number of nitrogens with one attached hydrogen (secondary N) is 2. The van der Waals surface area contributed by atoms with Crippen LogP contribution in [0.3, 0.4) is 0 Å². The van der Waals surface area contributed by atoms with Crippen molar-refractivity contribution in [2.24, 2.45) is 5.92 Å². The predicted octanol–water partition coefficient (Wildman–Crippen LogP) is 3.66. The Kier molecular flexibility index (Phi) is 6.48. The van der Waals surface area contributed by atoms with Gasteiger partial charge in [-0.15, -0.1) is 0 Å². The molecule has 0 spiro atoms. The Hall–Kier alpha value is -2.83. The molecule has 1 aromatic carbocycles.